The van der Waals surface area contributed by atoms with Crippen molar-refractivity contribution < 1.29 is 32.6 Å². The van der Waals surface area contributed by atoms with E-state index in [0.29, 0.717) is 0 Å². The molecule has 19 heavy (non-hydrogen) atoms. The van der Waals surface area contributed by atoms with Crippen LogP contribution < -0.4 is 0 Å². The van der Waals surface area contributed by atoms with Gasteiger partial charge < -0.3 is 0 Å². The molecule has 0 unspecified atom stereocenters. The smallest absolute Gasteiger partial charge is 0.174 e. The first-order valence-corrected chi connectivity index (χ1v) is 5.95. The molecule has 1 aliphatic rings. The first-order valence-electron chi connectivity index (χ1n) is 5.95. The molecule has 1 radical (unpaired) electrons. The second-order valence-corrected chi connectivity index (χ2v) is 3.50. The topological polar surface area (TPSA) is 0 Å². The Labute approximate surface area is 126 Å². The van der Waals surface area contributed by atoms with Crippen LogP contribution in [0.15, 0.2) is 60.7 Å². The third kappa shape index (κ3) is 22.7. The Kier molecular flexibility index (Phi) is 18.4. The van der Waals surface area contributed by atoms with Gasteiger partial charge in [0.05, 0.1) is 0 Å². The van der Waals surface area contributed by atoms with Crippen molar-refractivity contribution in [1.29, 1.82) is 0 Å². The number of benzene rings is 1. The Morgan fingerprint density at radius 3 is 0.842 bits per heavy atom. The summed E-state index contributed by atoms with van der Waals surface area (Å²) < 4.78 is 29.0. The summed E-state index contributed by atoms with van der Waals surface area (Å²) in [5.74, 6) is 0. The molecule has 1 aliphatic carbocycles. The predicted molar refractivity (Wildman–Crippen MR) is 70.3 cm³/mol. The fourth-order valence-corrected chi connectivity index (χ4v) is 1.24. The van der Waals surface area contributed by atoms with Gasteiger partial charge in [0.2, 0.25) is 0 Å². The van der Waals surface area contributed by atoms with E-state index < -0.39 is 6.68 Å². The van der Waals surface area contributed by atoms with Gasteiger partial charge in [-0.25, -0.2) is 0 Å². The van der Waals surface area contributed by atoms with E-state index in [9.17, 15) is 13.2 Å². The molecule has 4 heteroatoms. The molecule has 0 atom stereocenters. The average Bonchev–Trinajstić information content (AvgIpc) is 2.30. The summed E-state index contributed by atoms with van der Waals surface area (Å²) in [7, 11) is 0. The standard InChI is InChI=1S/C8H12.C6H6.CHF3.Rh/c1-2-4-6-8-7-5-3-1;1-2-4-6-5-3-1;2-1(3)4;/h1-2,7-8H,3-6H2;1-6H;1H;. The maximum absolute atomic E-state index is 9.67. The van der Waals surface area contributed by atoms with Crippen LogP contribution >= 0.6 is 0 Å². The number of hydrogen-bond donors (Lipinski definition) is 0. The first kappa shape index (κ1) is 20.4. The molecule has 0 aromatic heterocycles. The summed E-state index contributed by atoms with van der Waals surface area (Å²) in [6, 6.07) is 12.0. The maximum Gasteiger partial charge on any atom is 0.379 e. The third-order valence-electron chi connectivity index (χ3n) is 2.00. The second-order valence-electron chi connectivity index (χ2n) is 3.50. The Bertz CT molecular complexity index is 255. The molecule has 0 nitrogen and oxygen atoms in total. The van der Waals surface area contributed by atoms with Crippen LogP contribution in [0.2, 0.25) is 0 Å². The van der Waals surface area contributed by atoms with Crippen LogP contribution in [-0.4, -0.2) is 6.68 Å². The molecule has 0 aliphatic heterocycles. The van der Waals surface area contributed by atoms with Crippen molar-refractivity contribution in [2.45, 2.75) is 32.4 Å². The van der Waals surface area contributed by atoms with Crippen LogP contribution in [0.4, 0.5) is 13.2 Å². The molecule has 109 valence electrons. The van der Waals surface area contributed by atoms with Crippen molar-refractivity contribution in [3.8, 4) is 0 Å². The molecule has 1 aromatic carbocycles. The number of hydrogen-bond acceptors (Lipinski definition) is 0. The number of alkyl halides is 3. The zero-order chi connectivity index (χ0) is 13.5. The van der Waals surface area contributed by atoms with Gasteiger partial charge in [0, 0.05) is 19.5 Å². The summed E-state index contributed by atoms with van der Waals surface area (Å²) in [4.78, 5) is 0. The van der Waals surface area contributed by atoms with E-state index in [2.05, 4.69) is 24.3 Å². The van der Waals surface area contributed by atoms with Gasteiger partial charge >= 0.3 is 6.68 Å². The normalized spacial score (nSPS) is 12.8. The molecule has 2 rings (SSSR count). The quantitative estimate of drug-likeness (QED) is 0.422. The second kappa shape index (κ2) is 17.1. The Morgan fingerprint density at radius 1 is 0.526 bits per heavy atom. The van der Waals surface area contributed by atoms with Gasteiger partial charge in [-0.2, -0.15) is 13.2 Å². The van der Waals surface area contributed by atoms with E-state index in [0.717, 1.165) is 0 Å². The van der Waals surface area contributed by atoms with Crippen LogP contribution in [-0.2, 0) is 19.5 Å². The van der Waals surface area contributed by atoms with Gasteiger partial charge in [-0.15, -0.1) is 0 Å². The van der Waals surface area contributed by atoms with Gasteiger partial charge in [0.15, 0.2) is 0 Å². The molecule has 0 amide bonds. The van der Waals surface area contributed by atoms with Gasteiger partial charge in [-0.1, -0.05) is 60.7 Å². The maximum atomic E-state index is 9.67. The third-order valence-corrected chi connectivity index (χ3v) is 2.00. The minimum Gasteiger partial charge on any atom is -0.174 e. The van der Waals surface area contributed by atoms with Crippen molar-refractivity contribution in [3.63, 3.8) is 0 Å². The molecule has 0 N–H and O–H groups in total. The fourth-order valence-electron chi connectivity index (χ4n) is 1.24. The summed E-state index contributed by atoms with van der Waals surface area (Å²) in [6.07, 6.45) is 14.0. The zero-order valence-electron chi connectivity index (χ0n) is 10.6. The van der Waals surface area contributed by atoms with Crippen LogP contribution in [0, 0.1) is 0 Å². The van der Waals surface area contributed by atoms with Gasteiger partial charge in [-0.05, 0) is 25.7 Å². The zero-order valence-corrected chi connectivity index (χ0v) is 12.3. The van der Waals surface area contributed by atoms with Crippen molar-refractivity contribution >= 4 is 0 Å². The molecule has 0 saturated carbocycles. The monoisotopic (exact) mass is 359 g/mol. The summed E-state index contributed by atoms with van der Waals surface area (Å²) >= 11 is 0. The molecule has 0 fully saturated rings. The Hall–Kier alpha value is -0.887. The minimum absolute atomic E-state index is 0. The molecule has 0 saturated heterocycles. The van der Waals surface area contributed by atoms with E-state index in [-0.39, 0.29) is 19.5 Å². The largest absolute Gasteiger partial charge is 0.379 e. The van der Waals surface area contributed by atoms with Gasteiger partial charge in [-0.3, -0.25) is 0 Å². The molecule has 0 spiro atoms. The van der Waals surface area contributed by atoms with E-state index in [1.54, 1.807) is 0 Å². The fraction of sp³-hybridized carbons (Fsp3) is 0.333. The average molecular weight is 359 g/mol. The summed E-state index contributed by atoms with van der Waals surface area (Å²) in [5.41, 5.74) is 0. The molecule has 1 aromatic rings. The molecular weight excluding hydrogens is 340 g/mol. The summed E-state index contributed by atoms with van der Waals surface area (Å²) in [5, 5.41) is 0. The van der Waals surface area contributed by atoms with Crippen molar-refractivity contribution in [2.75, 3.05) is 0 Å². The molecular formula is C15H19F3Rh. The number of allylic oxidation sites excluding steroid dienone is 4. The predicted octanol–water partition coefficient (Wildman–Crippen LogP) is 5.54. The first-order chi connectivity index (χ1) is 8.73. The minimum atomic E-state index is -3.67. The van der Waals surface area contributed by atoms with Gasteiger partial charge in [0.25, 0.3) is 0 Å². The Morgan fingerprint density at radius 2 is 0.684 bits per heavy atom. The molecule has 0 heterocycles. The number of halogens is 3. The van der Waals surface area contributed by atoms with E-state index >= 15 is 0 Å². The van der Waals surface area contributed by atoms with Crippen LogP contribution in [0.25, 0.3) is 0 Å². The van der Waals surface area contributed by atoms with Crippen LogP contribution in [0.3, 0.4) is 0 Å². The molecule has 0 bridgehead atoms. The SMILES string of the molecule is C1=CCCC=CCC1.FC(F)F.[Rh].c1ccccc1. The summed E-state index contributed by atoms with van der Waals surface area (Å²) in [6.45, 7) is -3.67. The van der Waals surface area contributed by atoms with Crippen molar-refractivity contribution in [3.05, 3.63) is 60.7 Å². The van der Waals surface area contributed by atoms with E-state index in [1.807, 2.05) is 36.4 Å². The van der Waals surface area contributed by atoms with Crippen LogP contribution in [0.1, 0.15) is 25.7 Å². The van der Waals surface area contributed by atoms with E-state index in [4.69, 9.17) is 0 Å². The van der Waals surface area contributed by atoms with Crippen molar-refractivity contribution in [1.82, 2.24) is 0 Å². The Balaban J connectivity index is 0. The van der Waals surface area contributed by atoms with Gasteiger partial charge in [0.1, 0.15) is 0 Å². The van der Waals surface area contributed by atoms with Crippen molar-refractivity contribution in [2.24, 2.45) is 0 Å². The van der Waals surface area contributed by atoms with Crippen LogP contribution in [0.5, 0.6) is 0 Å². The van der Waals surface area contributed by atoms with E-state index in [1.165, 1.54) is 25.7 Å². The number of rotatable bonds is 0.